The first-order valence-corrected chi connectivity index (χ1v) is 4.25. The van der Waals surface area contributed by atoms with Crippen LogP contribution in [0.15, 0.2) is 24.3 Å². The number of allylic oxidation sites excluding steroid dienone is 1. The fourth-order valence-electron chi connectivity index (χ4n) is 1.10. The zero-order valence-electron chi connectivity index (χ0n) is 8.03. The van der Waals surface area contributed by atoms with Crippen LogP contribution in [0.25, 0.3) is 6.08 Å². The van der Waals surface area contributed by atoms with Crippen molar-refractivity contribution in [3.05, 3.63) is 29.8 Å². The van der Waals surface area contributed by atoms with Gasteiger partial charge in [-0.05, 0) is 12.1 Å². The highest BCUT2D eigenvalue weighted by atomic mass is 16.5. The van der Waals surface area contributed by atoms with Crippen LogP contribution in [0.5, 0.6) is 5.75 Å². The number of benzene rings is 1. The molecule has 72 valence electrons. The number of hydrogen-bond donors (Lipinski definition) is 1. The first kappa shape index (κ1) is 10.1. The molecule has 1 aromatic carbocycles. The van der Waals surface area contributed by atoms with Gasteiger partial charge < -0.3 is 10.5 Å². The SMILES string of the molecule is COc1cc(N)ccc1C=CCC#N. The van der Waals surface area contributed by atoms with E-state index in [0.717, 1.165) is 11.3 Å². The number of nitriles is 1. The van der Waals surface area contributed by atoms with Crippen LogP contribution in [0.1, 0.15) is 12.0 Å². The minimum Gasteiger partial charge on any atom is -0.496 e. The van der Waals surface area contributed by atoms with Crippen LogP contribution in [0.2, 0.25) is 0 Å². The van der Waals surface area contributed by atoms with Gasteiger partial charge in [-0.2, -0.15) is 5.26 Å². The van der Waals surface area contributed by atoms with Gasteiger partial charge in [0.1, 0.15) is 5.75 Å². The second-order valence-electron chi connectivity index (χ2n) is 2.77. The molecule has 0 aliphatic carbocycles. The average molecular weight is 188 g/mol. The highest BCUT2D eigenvalue weighted by Gasteiger charge is 1.98. The predicted octanol–water partition coefficient (Wildman–Crippen LogP) is 2.20. The number of nitrogens with zero attached hydrogens (tertiary/aromatic N) is 1. The molecule has 3 nitrogen and oxygen atoms in total. The molecule has 0 fully saturated rings. The van der Waals surface area contributed by atoms with Crippen LogP contribution in [-0.4, -0.2) is 7.11 Å². The minimum absolute atomic E-state index is 0.396. The molecular formula is C11H12N2O. The van der Waals surface area contributed by atoms with Crippen LogP contribution in [0.3, 0.4) is 0 Å². The van der Waals surface area contributed by atoms with E-state index in [1.54, 1.807) is 25.3 Å². The average Bonchev–Trinajstić information content (AvgIpc) is 2.20. The molecule has 0 aliphatic heterocycles. The molecule has 14 heavy (non-hydrogen) atoms. The van der Waals surface area contributed by atoms with Crippen molar-refractivity contribution >= 4 is 11.8 Å². The van der Waals surface area contributed by atoms with Crippen LogP contribution < -0.4 is 10.5 Å². The van der Waals surface area contributed by atoms with Gasteiger partial charge in [-0.1, -0.05) is 12.2 Å². The van der Waals surface area contributed by atoms with Gasteiger partial charge in [0, 0.05) is 17.3 Å². The third kappa shape index (κ3) is 2.53. The highest BCUT2D eigenvalue weighted by molar-refractivity contribution is 5.61. The molecule has 0 spiro atoms. The Morgan fingerprint density at radius 1 is 1.57 bits per heavy atom. The topological polar surface area (TPSA) is 59.0 Å². The number of nitrogen functional groups attached to an aromatic ring is 1. The van der Waals surface area contributed by atoms with Gasteiger partial charge in [-0.3, -0.25) is 0 Å². The van der Waals surface area contributed by atoms with Crippen molar-refractivity contribution in [2.24, 2.45) is 0 Å². The van der Waals surface area contributed by atoms with E-state index in [0.29, 0.717) is 12.1 Å². The van der Waals surface area contributed by atoms with E-state index >= 15 is 0 Å². The molecule has 0 saturated carbocycles. The lowest BCUT2D eigenvalue weighted by atomic mass is 10.1. The maximum absolute atomic E-state index is 8.36. The molecule has 0 aliphatic rings. The number of ether oxygens (including phenoxy) is 1. The summed E-state index contributed by atoms with van der Waals surface area (Å²) in [6, 6.07) is 7.45. The first-order valence-electron chi connectivity index (χ1n) is 4.25. The van der Waals surface area contributed by atoms with Crippen LogP contribution in [-0.2, 0) is 0 Å². The molecule has 0 amide bonds. The minimum atomic E-state index is 0.396. The summed E-state index contributed by atoms with van der Waals surface area (Å²) in [4.78, 5) is 0. The van der Waals surface area contributed by atoms with Crippen molar-refractivity contribution in [1.29, 1.82) is 5.26 Å². The molecule has 0 aromatic heterocycles. The van der Waals surface area contributed by atoms with Gasteiger partial charge in [0.15, 0.2) is 0 Å². The Labute approximate surface area is 83.4 Å². The van der Waals surface area contributed by atoms with Crippen LogP contribution in [0, 0.1) is 11.3 Å². The number of hydrogen-bond acceptors (Lipinski definition) is 3. The van der Waals surface area contributed by atoms with E-state index in [1.165, 1.54) is 0 Å². The molecule has 0 heterocycles. The Bertz CT molecular complexity index is 377. The predicted molar refractivity (Wildman–Crippen MR) is 56.7 cm³/mol. The quantitative estimate of drug-likeness (QED) is 0.740. The number of methoxy groups -OCH3 is 1. The number of rotatable bonds is 3. The maximum Gasteiger partial charge on any atom is 0.128 e. The molecule has 0 unspecified atom stereocenters. The highest BCUT2D eigenvalue weighted by Crippen LogP contribution is 2.22. The van der Waals surface area contributed by atoms with E-state index in [2.05, 4.69) is 0 Å². The van der Waals surface area contributed by atoms with E-state index in [-0.39, 0.29) is 0 Å². The zero-order valence-corrected chi connectivity index (χ0v) is 8.03. The lowest BCUT2D eigenvalue weighted by Crippen LogP contribution is -1.90. The summed E-state index contributed by atoms with van der Waals surface area (Å²) >= 11 is 0. The van der Waals surface area contributed by atoms with Crippen LogP contribution in [0.4, 0.5) is 5.69 Å². The van der Waals surface area contributed by atoms with E-state index < -0.39 is 0 Å². The van der Waals surface area contributed by atoms with Gasteiger partial charge in [-0.15, -0.1) is 0 Å². The fourth-order valence-corrected chi connectivity index (χ4v) is 1.10. The summed E-state index contributed by atoms with van der Waals surface area (Å²) in [5.74, 6) is 0.721. The van der Waals surface area contributed by atoms with Crippen molar-refractivity contribution in [2.75, 3.05) is 12.8 Å². The second-order valence-corrected chi connectivity index (χ2v) is 2.77. The molecule has 0 saturated heterocycles. The Kier molecular flexibility index (Phi) is 3.57. The number of nitrogens with two attached hydrogens (primary N) is 1. The van der Waals surface area contributed by atoms with Gasteiger partial charge in [0.05, 0.1) is 19.6 Å². The lowest BCUT2D eigenvalue weighted by Gasteiger charge is -2.04. The lowest BCUT2D eigenvalue weighted by molar-refractivity contribution is 0.414. The Morgan fingerprint density at radius 3 is 3.00 bits per heavy atom. The summed E-state index contributed by atoms with van der Waals surface area (Å²) in [6.45, 7) is 0. The Hall–Kier alpha value is -1.95. The summed E-state index contributed by atoms with van der Waals surface area (Å²) < 4.78 is 5.14. The Balaban J connectivity index is 2.92. The first-order chi connectivity index (χ1) is 6.77. The van der Waals surface area contributed by atoms with E-state index in [1.807, 2.05) is 18.2 Å². The Morgan fingerprint density at radius 2 is 2.36 bits per heavy atom. The third-order valence-electron chi connectivity index (χ3n) is 1.76. The molecule has 2 N–H and O–H groups in total. The molecule has 3 heteroatoms. The third-order valence-corrected chi connectivity index (χ3v) is 1.76. The maximum atomic E-state index is 8.36. The molecule has 0 bridgehead atoms. The van der Waals surface area contributed by atoms with Gasteiger partial charge in [-0.25, -0.2) is 0 Å². The normalized spacial score (nSPS) is 10.0. The van der Waals surface area contributed by atoms with Crippen molar-refractivity contribution in [1.82, 2.24) is 0 Å². The van der Waals surface area contributed by atoms with Gasteiger partial charge in [0.2, 0.25) is 0 Å². The van der Waals surface area contributed by atoms with E-state index in [4.69, 9.17) is 15.7 Å². The molecule has 0 atom stereocenters. The van der Waals surface area contributed by atoms with Crippen molar-refractivity contribution in [3.8, 4) is 11.8 Å². The van der Waals surface area contributed by atoms with Crippen molar-refractivity contribution < 1.29 is 4.74 Å². The standard InChI is InChI=1S/C11H12N2O/c1-14-11-8-10(13)6-5-9(11)4-2-3-7-12/h2,4-6,8H,3,13H2,1H3. The largest absolute Gasteiger partial charge is 0.496 e. The smallest absolute Gasteiger partial charge is 0.128 e. The second kappa shape index (κ2) is 4.93. The number of anilines is 1. The van der Waals surface area contributed by atoms with Crippen molar-refractivity contribution in [3.63, 3.8) is 0 Å². The molecule has 0 radical (unpaired) electrons. The molecule has 1 rings (SSSR count). The monoisotopic (exact) mass is 188 g/mol. The fraction of sp³-hybridized carbons (Fsp3) is 0.182. The van der Waals surface area contributed by atoms with Crippen molar-refractivity contribution in [2.45, 2.75) is 6.42 Å². The molecule has 1 aromatic rings. The van der Waals surface area contributed by atoms with E-state index in [9.17, 15) is 0 Å². The summed E-state index contributed by atoms with van der Waals surface area (Å²) in [6.07, 6.45) is 4.03. The molecular weight excluding hydrogens is 176 g/mol. The summed E-state index contributed by atoms with van der Waals surface area (Å²) in [7, 11) is 1.59. The van der Waals surface area contributed by atoms with Crippen LogP contribution >= 0.6 is 0 Å². The van der Waals surface area contributed by atoms with Gasteiger partial charge >= 0.3 is 0 Å². The summed E-state index contributed by atoms with van der Waals surface area (Å²) in [5.41, 5.74) is 7.20. The zero-order chi connectivity index (χ0) is 10.4. The van der Waals surface area contributed by atoms with Gasteiger partial charge in [0.25, 0.3) is 0 Å². The summed E-state index contributed by atoms with van der Waals surface area (Å²) in [5, 5.41) is 8.36.